The molecule has 0 aliphatic rings. The van der Waals surface area contributed by atoms with Crippen LogP contribution in [0.4, 0.5) is 18.9 Å². The maximum absolute atomic E-state index is 13.5. The Hall–Kier alpha value is -4.72. The Morgan fingerprint density at radius 2 is 1.77 bits per heavy atom. The van der Waals surface area contributed by atoms with Crippen molar-refractivity contribution in [2.45, 2.75) is 6.18 Å². The van der Waals surface area contributed by atoms with E-state index >= 15 is 0 Å². The number of alkyl halides is 3. The third kappa shape index (κ3) is 6.85. The summed E-state index contributed by atoms with van der Waals surface area (Å²) in [5.41, 5.74) is 0.0834. The van der Waals surface area contributed by atoms with Crippen LogP contribution in [0.3, 0.4) is 0 Å². The number of rotatable bonds is 8. The van der Waals surface area contributed by atoms with E-state index in [2.05, 4.69) is 15.4 Å². The van der Waals surface area contributed by atoms with Gasteiger partial charge in [-0.2, -0.15) is 22.9 Å². The van der Waals surface area contributed by atoms with E-state index in [0.29, 0.717) is 31.8 Å². The Morgan fingerprint density at radius 3 is 2.51 bits per heavy atom. The van der Waals surface area contributed by atoms with Crippen LogP contribution in [-0.2, 0) is 11.0 Å². The number of hydrogen-bond donors (Lipinski definition) is 1. The Balaban J connectivity index is 1.48. The number of hydrogen-bond acceptors (Lipinski definition) is 6. The van der Waals surface area contributed by atoms with Crippen molar-refractivity contribution >= 4 is 51.3 Å². The molecule has 0 atom stereocenters. The highest BCUT2D eigenvalue weighted by molar-refractivity contribution is 14.1. The maximum Gasteiger partial charge on any atom is 0.416 e. The summed E-state index contributed by atoms with van der Waals surface area (Å²) in [6.07, 6.45) is -3.22. The van der Waals surface area contributed by atoms with Gasteiger partial charge in [-0.15, -0.1) is 0 Å². The van der Waals surface area contributed by atoms with Crippen molar-refractivity contribution in [3.63, 3.8) is 0 Å². The molecule has 0 radical (unpaired) electrons. The van der Waals surface area contributed by atoms with Gasteiger partial charge in [0.15, 0.2) is 23.9 Å². The van der Waals surface area contributed by atoms with Gasteiger partial charge in [0, 0.05) is 11.3 Å². The van der Waals surface area contributed by atoms with Crippen molar-refractivity contribution in [3.05, 3.63) is 116 Å². The van der Waals surface area contributed by atoms with Gasteiger partial charge in [0.05, 0.1) is 33.4 Å². The van der Waals surface area contributed by atoms with Crippen molar-refractivity contribution in [2.75, 3.05) is 19.0 Å². The average Bonchev–Trinajstić information content (AvgIpc) is 3.00. The molecular formula is C31H22F3IN4O4. The number of carbonyl (C=O) groups is 1. The number of halogens is 4. The summed E-state index contributed by atoms with van der Waals surface area (Å²) in [4.78, 5) is 30.3. The first kappa shape index (κ1) is 29.8. The predicted octanol–water partition coefficient (Wildman–Crippen LogP) is 6.60. The van der Waals surface area contributed by atoms with Crippen LogP contribution in [0.25, 0.3) is 22.3 Å². The molecule has 0 saturated carbocycles. The Bertz CT molecular complexity index is 1890. The topological polar surface area (TPSA) is 94.8 Å². The molecule has 5 aromatic rings. The minimum atomic E-state index is -4.58. The second-order valence-electron chi connectivity index (χ2n) is 9.13. The molecule has 8 nitrogen and oxygen atoms in total. The number of anilines is 1. The van der Waals surface area contributed by atoms with Crippen LogP contribution in [0.15, 0.2) is 101 Å². The van der Waals surface area contributed by atoms with E-state index in [9.17, 15) is 22.8 Å². The summed E-state index contributed by atoms with van der Waals surface area (Å²) in [7, 11) is 1.44. The number of methoxy groups -OCH3 is 1. The molecule has 4 aromatic carbocycles. The number of fused-ring (bicyclic) bond motifs is 1. The number of carbonyl (C=O) groups excluding carboxylic acids is 1. The molecule has 1 aromatic heterocycles. The van der Waals surface area contributed by atoms with Crippen molar-refractivity contribution in [1.82, 2.24) is 9.66 Å². The molecule has 1 N–H and O–H groups in total. The lowest BCUT2D eigenvalue weighted by atomic mass is 10.1. The van der Waals surface area contributed by atoms with E-state index in [1.165, 1.54) is 25.5 Å². The molecule has 0 unspecified atom stereocenters. The van der Waals surface area contributed by atoms with E-state index < -0.39 is 17.3 Å². The van der Waals surface area contributed by atoms with Gasteiger partial charge in [0.1, 0.15) is 0 Å². The van der Waals surface area contributed by atoms with Crippen molar-refractivity contribution in [1.29, 1.82) is 0 Å². The van der Waals surface area contributed by atoms with E-state index in [1.54, 1.807) is 60.7 Å². The first-order chi connectivity index (χ1) is 20.6. The smallest absolute Gasteiger partial charge is 0.416 e. The zero-order valence-corrected chi connectivity index (χ0v) is 24.6. The summed E-state index contributed by atoms with van der Waals surface area (Å²) in [5, 5.41) is 7.32. The van der Waals surface area contributed by atoms with Crippen LogP contribution in [0.2, 0.25) is 0 Å². The van der Waals surface area contributed by atoms with E-state index in [-0.39, 0.29) is 29.3 Å². The SMILES string of the molecule is COc1cc(C=Nn2c(-c3cccc(C(F)(F)F)c3)nc3ccccc3c2=O)cc(I)c1OCC(=O)Nc1ccccc1. The lowest BCUT2D eigenvalue weighted by Gasteiger charge is -2.14. The number of nitrogens with one attached hydrogen (secondary N) is 1. The van der Waals surface area contributed by atoms with Crippen LogP contribution in [-0.4, -0.2) is 35.5 Å². The lowest BCUT2D eigenvalue weighted by Crippen LogP contribution is -2.21. The highest BCUT2D eigenvalue weighted by Gasteiger charge is 2.31. The fraction of sp³-hybridized carbons (Fsp3) is 0.0968. The summed E-state index contributed by atoms with van der Waals surface area (Å²) >= 11 is 2.02. The third-order valence-corrected chi connectivity index (χ3v) is 6.98. The Kier molecular flexibility index (Phi) is 8.76. The van der Waals surface area contributed by atoms with Crippen molar-refractivity contribution in [3.8, 4) is 22.9 Å². The monoisotopic (exact) mass is 698 g/mol. The number of ether oxygens (including phenoxy) is 2. The molecule has 0 spiro atoms. The van der Waals surface area contributed by atoms with E-state index in [0.717, 1.165) is 16.8 Å². The van der Waals surface area contributed by atoms with Gasteiger partial charge in [-0.1, -0.05) is 42.5 Å². The maximum atomic E-state index is 13.5. The summed E-state index contributed by atoms with van der Waals surface area (Å²) in [5.74, 6) is 0.220. The molecule has 12 heteroatoms. The quantitative estimate of drug-likeness (QED) is 0.146. The molecule has 0 fully saturated rings. The first-order valence-electron chi connectivity index (χ1n) is 12.7. The molecule has 1 heterocycles. The van der Waals surface area contributed by atoms with E-state index in [1.807, 2.05) is 28.7 Å². The molecule has 0 aliphatic carbocycles. The van der Waals surface area contributed by atoms with Crippen LogP contribution < -0.4 is 20.3 Å². The molecule has 5 rings (SSSR count). The standard InChI is InChI=1S/C31H22F3IN4O4/c1-42-26-15-19(14-24(35)28(26)43-18-27(40)37-22-10-3-2-4-11-22)17-36-39-29(20-8-7-9-21(16-20)31(32,33)34)38-25-13-6-5-12-23(25)30(39)41/h2-17H,18H2,1H3,(H,37,40). The molecule has 218 valence electrons. The van der Waals surface area contributed by atoms with Crippen LogP contribution in [0.5, 0.6) is 11.5 Å². The zero-order valence-electron chi connectivity index (χ0n) is 22.4. The van der Waals surface area contributed by atoms with Crippen LogP contribution >= 0.6 is 22.6 Å². The van der Waals surface area contributed by atoms with Gasteiger partial charge < -0.3 is 14.8 Å². The van der Waals surface area contributed by atoms with Gasteiger partial charge in [0.2, 0.25) is 0 Å². The summed E-state index contributed by atoms with van der Waals surface area (Å²) in [6, 6.07) is 23.3. The minimum Gasteiger partial charge on any atom is -0.493 e. The first-order valence-corrected chi connectivity index (χ1v) is 13.8. The van der Waals surface area contributed by atoms with Gasteiger partial charge in [0.25, 0.3) is 11.5 Å². The normalized spacial score (nSPS) is 11.6. The van der Waals surface area contributed by atoms with Crippen LogP contribution in [0, 0.1) is 3.57 Å². The van der Waals surface area contributed by atoms with Crippen molar-refractivity contribution in [2.24, 2.45) is 5.10 Å². The Morgan fingerprint density at radius 1 is 1.02 bits per heavy atom. The molecule has 0 saturated heterocycles. The van der Waals surface area contributed by atoms with Gasteiger partial charge in [-0.3, -0.25) is 9.59 Å². The number of para-hydroxylation sites is 2. The van der Waals surface area contributed by atoms with Crippen LogP contribution in [0.1, 0.15) is 11.1 Å². The number of aromatic nitrogens is 2. The minimum absolute atomic E-state index is 0.0582. The predicted molar refractivity (Wildman–Crippen MR) is 166 cm³/mol. The highest BCUT2D eigenvalue weighted by Crippen LogP contribution is 2.34. The third-order valence-electron chi connectivity index (χ3n) is 6.18. The Labute approximate surface area is 256 Å². The van der Waals surface area contributed by atoms with Gasteiger partial charge >= 0.3 is 6.18 Å². The molecule has 43 heavy (non-hydrogen) atoms. The fourth-order valence-electron chi connectivity index (χ4n) is 4.19. The van der Waals surface area contributed by atoms with E-state index in [4.69, 9.17) is 9.47 Å². The summed E-state index contributed by atoms with van der Waals surface area (Å²) in [6.45, 7) is -0.271. The molecule has 1 amide bonds. The molecule has 0 bridgehead atoms. The highest BCUT2D eigenvalue weighted by atomic mass is 127. The summed E-state index contributed by atoms with van der Waals surface area (Å²) < 4.78 is 53.2. The van der Waals surface area contributed by atoms with Gasteiger partial charge in [-0.25, -0.2) is 4.98 Å². The number of benzene rings is 4. The second-order valence-corrected chi connectivity index (χ2v) is 10.3. The van der Waals surface area contributed by atoms with Gasteiger partial charge in [-0.05, 0) is 76.7 Å². The molecular weight excluding hydrogens is 676 g/mol. The average molecular weight is 698 g/mol. The lowest BCUT2D eigenvalue weighted by molar-refractivity contribution is -0.137. The zero-order chi connectivity index (χ0) is 30.6. The molecule has 0 aliphatic heterocycles. The second kappa shape index (κ2) is 12.7. The van der Waals surface area contributed by atoms with Crippen molar-refractivity contribution < 1.29 is 27.4 Å². The number of nitrogens with zero attached hydrogens (tertiary/aromatic N) is 3. The fourth-order valence-corrected chi connectivity index (χ4v) is 4.97. The number of amides is 1. The largest absolute Gasteiger partial charge is 0.493 e.